The zero-order chi connectivity index (χ0) is 64.6. The lowest BCUT2D eigenvalue weighted by atomic mass is 9.90. The van der Waals surface area contributed by atoms with Crippen LogP contribution in [0.4, 0.5) is 0 Å². The molecule has 19 rings (SSSR count). The lowest BCUT2D eigenvalue weighted by Gasteiger charge is -2.14. The van der Waals surface area contributed by atoms with Crippen molar-refractivity contribution in [3.05, 3.63) is 328 Å². The Morgan fingerprint density at radius 3 is 0.827 bits per heavy atom. The molecule has 0 N–H and O–H groups in total. The second kappa shape index (κ2) is 23.3. The highest BCUT2D eigenvalue weighted by Crippen LogP contribution is 2.45. The average Bonchev–Trinajstić information content (AvgIpc) is 1.23. The molecule has 0 atom stereocenters. The molecular formula is C90H54N6O2. The predicted octanol–water partition coefficient (Wildman–Crippen LogP) is 23.7. The van der Waals surface area contributed by atoms with Gasteiger partial charge in [-0.3, -0.25) is 0 Å². The number of hydrogen-bond donors (Lipinski definition) is 0. The van der Waals surface area contributed by atoms with Crippen LogP contribution in [0, 0.1) is 0 Å². The Kier molecular flexibility index (Phi) is 13.4. The molecule has 8 heteroatoms. The molecule has 456 valence electrons. The topological polar surface area (TPSA) is 104 Å². The largest absolute Gasteiger partial charge is 0.455 e. The van der Waals surface area contributed by atoms with Crippen molar-refractivity contribution in [1.82, 2.24) is 29.9 Å². The summed E-state index contributed by atoms with van der Waals surface area (Å²) < 4.78 is 14.2. The van der Waals surface area contributed by atoms with Gasteiger partial charge >= 0.3 is 0 Å². The van der Waals surface area contributed by atoms with Gasteiger partial charge in [-0.1, -0.05) is 297 Å². The highest BCUT2D eigenvalue weighted by atomic mass is 16.3. The molecule has 98 heavy (non-hydrogen) atoms. The molecule has 0 saturated heterocycles. The predicted molar refractivity (Wildman–Crippen MR) is 400 cm³/mol. The zero-order valence-corrected chi connectivity index (χ0v) is 52.7. The summed E-state index contributed by atoms with van der Waals surface area (Å²) in [6.45, 7) is 0. The summed E-state index contributed by atoms with van der Waals surface area (Å²) >= 11 is 0. The molecule has 0 aliphatic heterocycles. The molecule has 0 aliphatic carbocycles. The van der Waals surface area contributed by atoms with Crippen molar-refractivity contribution in [2.24, 2.45) is 0 Å². The molecule has 0 fully saturated rings. The lowest BCUT2D eigenvalue weighted by Crippen LogP contribution is -2.00. The van der Waals surface area contributed by atoms with Crippen LogP contribution in [0.3, 0.4) is 0 Å². The van der Waals surface area contributed by atoms with E-state index in [4.69, 9.17) is 38.7 Å². The Hall–Kier alpha value is -13.3. The Morgan fingerprint density at radius 1 is 0.143 bits per heavy atom. The van der Waals surface area contributed by atoms with Crippen molar-refractivity contribution in [1.29, 1.82) is 0 Å². The molecule has 8 nitrogen and oxygen atoms in total. The normalized spacial score (nSPS) is 11.7. The van der Waals surface area contributed by atoms with Crippen molar-refractivity contribution >= 4 is 76.2 Å². The fourth-order valence-corrected chi connectivity index (χ4v) is 14.2. The fourth-order valence-electron chi connectivity index (χ4n) is 14.2. The van der Waals surface area contributed by atoms with Gasteiger partial charge in [0, 0.05) is 54.9 Å². The molecule has 0 amide bonds. The van der Waals surface area contributed by atoms with Gasteiger partial charge in [0.25, 0.3) is 0 Å². The van der Waals surface area contributed by atoms with Crippen molar-refractivity contribution in [3.63, 3.8) is 0 Å². The van der Waals surface area contributed by atoms with Crippen LogP contribution in [0.5, 0.6) is 0 Å². The molecule has 15 aromatic carbocycles. The van der Waals surface area contributed by atoms with Gasteiger partial charge in [-0.25, -0.2) is 29.9 Å². The SMILES string of the molecule is c1ccc(-c2ccc(-c3cccc(-c4cccc5c4oc4c(-c6nc(-c7ccccc7)nc(-c7ccc(-c8ccc9c%10ccccc%10c%10ccc(-c%11cccc%12c%11oc%11c(-c%13nc(-c%14ccccc%14)nc(-c%14ccccc%14)n%13)cccc%11%12)cc%10c9c8)cc7)n6)cccc45)c3)cc2)cc1. The van der Waals surface area contributed by atoms with Crippen molar-refractivity contribution in [2.45, 2.75) is 0 Å². The van der Waals surface area contributed by atoms with E-state index in [0.29, 0.717) is 40.5 Å². The summed E-state index contributed by atoms with van der Waals surface area (Å²) in [5, 5.41) is 11.0. The smallest absolute Gasteiger partial charge is 0.167 e. The number of fused-ring (bicyclic) bond motifs is 12. The third kappa shape index (κ3) is 9.77. The Morgan fingerprint density at radius 2 is 0.388 bits per heavy atom. The van der Waals surface area contributed by atoms with E-state index in [1.54, 1.807) is 0 Å². The monoisotopic (exact) mass is 1250 g/mol. The fraction of sp³-hybridized carbons (Fsp3) is 0. The van der Waals surface area contributed by atoms with Crippen LogP contribution in [-0.4, -0.2) is 29.9 Å². The minimum absolute atomic E-state index is 0.522. The van der Waals surface area contributed by atoms with Gasteiger partial charge in [0.05, 0.1) is 11.1 Å². The lowest BCUT2D eigenvalue weighted by molar-refractivity contribution is 0.670. The molecular weight excluding hydrogens is 1200 g/mol. The number of hydrogen-bond acceptors (Lipinski definition) is 8. The van der Waals surface area contributed by atoms with E-state index in [0.717, 1.165) is 127 Å². The first-order valence-corrected chi connectivity index (χ1v) is 32.9. The first-order chi connectivity index (χ1) is 48.5. The van der Waals surface area contributed by atoms with Gasteiger partial charge in [0.1, 0.15) is 22.3 Å². The molecule has 0 saturated carbocycles. The third-order valence-electron chi connectivity index (χ3n) is 19.0. The quantitative estimate of drug-likeness (QED) is 0.118. The first kappa shape index (κ1) is 56.3. The minimum atomic E-state index is 0.522. The molecule has 0 aliphatic rings. The number of rotatable bonds is 11. The highest BCUT2D eigenvalue weighted by Gasteiger charge is 2.23. The maximum absolute atomic E-state index is 7.11. The maximum atomic E-state index is 7.11. The van der Waals surface area contributed by atoms with E-state index in [2.05, 4.69) is 218 Å². The highest BCUT2D eigenvalue weighted by molar-refractivity contribution is 6.27. The molecule has 0 radical (unpaired) electrons. The van der Waals surface area contributed by atoms with E-state index in [1.165, 1.54) is 32.7 Å². The molecule has 0 unspecified atom stereocenters. The van der Waals surface area contributed by atoms with Crippen LogP contribution in [0.15, 0.2) is 336 Å². The number of furan rings is 2. The van der Waals surface area contributed by atoms with Crippen molar-refractivity contribution in [2.75, 3.05) is 0 Å². The number of benzene rings is 15. The van der Waals surface area contributed by atoms with E-state index in [9.17, 15) is 0 Å². The second-order valence-electron chi connectivity index (χ2n) is 24.8. The average molecular weight is 1250 g/mol. The van der Waals surface area contributed by atoms with Gasteiger partial charge < -0.3 is 8.83 Å². The van der Waals surface area contributed by atoms with E-state index in [-0.39, 0.29) is 0 Å². The van der Waals surface area contributed by atoms with Crippen molar-refractivity contribution < 1.29 is 8.83 Å². The standard InChI is InChI=1S/C90H54N6O2/c1-5-20-55(21-6-1)56-40-42-57(43-41-56)63-28-15-29-65(52-63)67-32-16-34-73-75-36-18-39-78(83(75)97-81(67)73)90-95-87(61-26-11-4-12-27-61)92-88(96-90)62-46-44-58(45-47-62)64-48-50-71-69-30-13-14-31-70(69)72-51-49-66(54-80(72)79(71)53-64)68-33-17-35-74-76-37-19-38-77(84(76)98-82(68)74)89-93-85(59-22-7-2-8-23-59)91-86(94-89)60-24-9-3-10-25-60/h1-54H. The van der Waals surface area contributed by atoms with E-state index in [1.807, 2.05) is 109 Å². The number of nitrogens with zero attached hydrogens (tertiary/aromatic N) is 6. The van der Waals surface area contributed by atoms with Crippen LogP contribution in [0.25, 0.3) is 200 Å². The van der Waals surface area contributed by atoms with Crippen molar-refractivity contribution in [3.8, 4) is 124 Å². The summed E-state index contributed by atoms with van der Waals surface area (Å²) in [5.74, 6) is 3.38. The summed E-state index contributed by atoms with van der Waals surface area (Å²) in [6, 6.07) is 114. The van der Waals surface area contributed by atoms with Gasteiger partial charge in [-0.05, 0) is 107 Å². The van der Waals surface area contributed by atoms with Gasteiger partial charge in [0.15, 0.2) is 34.9 Å². The van der Waals surface area contributed by atoms with Crippen LogP contribution in [0.1, 0.15) is 0 Å². The summed E-state index contributed by atoms with van der Waals surface area (Å²) in [6.07, 6.45) is 0. The molecule has 4 heterocycles. The van der Waals surface area contributed by atoms with E-state index >= 15 is 0 Å². The summed E-state index contributed by atoms with van der Waals surface area (Å²) in [5.41, 5.74) is 19.1. The second-order valence-corrected chi connectivity index (χ2v) is 24.8. The van der Waals surface area contributed by atoms with Crippen LogP contribution < -0.4 is 0 Å². The Bertz CT molecular complexity index is 6270. The Labute approximate surface area is 563 Å². The van der Waals surface area contributed by atoms with Gasteiger partial charge in [0.2, 0.25) is 0 Å². The molecule has 19 aromatic rings. The van der Waals surface area contributed by atoms with Gasteiger partial charge in [-0.2, -0.15) is 0 Å². The Balaban J connectivity index is 0.685. The zero-order valence-electron chi connectivity index (χ0n) is 52.7. The molecule has 0 bridgehead atoms. The van der Waals surface area contributed by atoms with Crippen LogP contribution >= 0.6 is 0 Å². The molecule has 0 spiro atoms. The molecule has 4 aromatic heterocycles. The summed E-state index contributed by atoms with van der Waals surface area (Å²) in [7, 11) is 0. The number of para-hydroxylation sites is 4. The minimum Gasteiger partial charge on any atom is -0.455 e. The van der Waals surface area contributed by atoms with Gasteiger partial charge in [-0.15, -0.1) is 0 Å². The first-order valence-electron chi connectivity index (χ1n) is 32.9. The van der Waals surface area contributed by atoms with Crippen LogP contribution in [0.2, 0.25) is 0 Å². The summed E-state index contributed by atoms with van der Waals surface area (Å²) in [4.78, 5) is 30.9. The maximum Gasteiger partial charge on any atom is 0.167 e. The van der Waals surface area contributed by atoms with E-state index < -0.39 is 0 Å². The third-order valence-corrected chi connectivity index (χ3v) is 19.0. The number of aromatic nitrogens is 6. The van der Waals surface area contributed by atoms with Crippen LogP contribution in [-0.2, 0) is 0 Å².